The second-order valence-electron chi connectivity index (χ2n) is 5.11. The fourth-order valence-electron chi connectivity index (χ4n) is 2.07. The normalized spacial score (nSPS) is 13.5. The second kappa shape index (κ2) is 5.92. The summed E-state index contributed by atoms with van der Waals surface area (Å²) in [6, 6.07) is 11.9. The van der Waals surface area contributed by atoms with Crippen molar-refractivity contribution in [3.05, 3.63) is 53.6 Å². The van der Waals surface area contributed by atoms with Crippen molar-refractivity contribution in [2.75, 3.05) is 13.8 Å². The maximum atomic E-state index is 12.4. The van der Waals surface area contributed by atoms with Gasteiger partial charge >= 0.3 is 0 Å². The van der Waals surface area contributed by atoms with Crippen LogP contribution in [0.1, 0.15) is 11.1 Å². The first-order chi connectivity index (χ1) is 11.0. The largest absolute Gasteiger partial charge is 0.454 e. The number of hydrazone groups is 1. The Morgan fingerprint density at radius 1 is 1.09 bits per heavy atom. The minimum absolute atomic E-state index is 0.192. The average Bonchev–Trinajstić information content (AvgIpc) is 3.00. The first-order valence-corrected chi connectivity index (χ1v) is 8.40. The van der Waals surface area contributed by atoms with Crippen LogP contribution in [0.4, 0.5) is 0 Å². The molecule has 0 saturated carbocycles. The molecule has 2 aromatic rings. The summed E-state index contributed by atoms with van der Waals surface area (Å²) in [4.78, 5) is 0.202. The van der Waals surface area contributed by atoms with E-state index in [1.54, 1.807) is 42.5 Å². The average molecular weight is 332 g/mol. The van der Waals surface area contributed by atoms with Gasteiger partial charge in [-0.2, -0.15) is 17.9 Å². The van der Waals surface area contributed by atoms with Gasteiger partial charge in [0.1, 0.15) is 0 Å². The van der Waals surface area contributed by atoms with Crippen LogP contribution in [0.15, 0.2) is 52.5 Å². The Morgan fingerprint density at radius 3 is 2.52 bits per heavy atom. The topological polar surface area (TPSA) is 68.2 Å². The molecule has 0 aliphatic carbocycles. The molecule has 1 heterocycles. The Morgan fingerprint density at radius 2 is 1.78 bits per heavy atom. The number of hydrogen-bond acceptors (Lipinski definition) is 5. The summed E-state index contributed by atoms with van der Waals surface area (Å²) in [6.45, 7) is 2.09. The molecule has 1 aliphatic rings. The number of aryl methyl sites for hydroxylation is 1. The Balaban J connectivity index is 1.80. The molecule has 0 N–H and O–H groups in total. The molecular formula is C16H16N2O4S. The summed E-state index contributed by atoms with van der Waals surface area (Å²) in [5.41, 5.74) is 1.72. The van der Waals surface area contributed by atoms with Crippen molar-refractivity contribution in [3.8, 4) is 11.5 Å². The predicted octanol–water partition coefficient (Wildman–Crippen LogP) is 2.38. The lowest BCUT2D eigenvalue weighted by Crippen LogP contribution is -2.21. The number of nitrogens with zero attached hydrogens (tertiary/aromatic N) is 2. The highest BCUT2D eigenvalue weighted by Gasteiger charge is 2.19. The van der Waals surface area contributed by atoms with E-state index in [1.165, 1.54) is 13.3 Å². The molecule has 1 aliphatic heterocycles. The van der Waals surface area contributed by atoms with Crippen LogP contribution in [-0.2, 0) is 10.0 Å². The number of rotatable bonds is 4. The molecule has 0 unspecified atom stereocenters. The molecule has 6 nitrogen and oxygen atoms in total. The molecule has 2 aromatic carbocycles. The van der Waals surface area contributed by atoms with E-state index in [9.17, 15) is 8.42 Å². The zero-order valence-corrected chi connectivity index (χ0v) is 13.6. The van der Waals surface area contributed by atoms with Crippen molar-refractivity contribution in [2.45, 2.75) is 11.8 Å². The molecule has 23 heavy (non-hydrogen) atoms. The molecule has 0 aromatic heterocycles. The van der Waals surface area contributed by atoms with Crippen LogP contribution in [0.25, 0.3) is 0 Å². The monoisotopic (exact) mass is 332 g/mol. The molecule has 0 radical (unpaired) electrons. The van der Waals surface area contributed by atoms with Crippen molar-refractivity contribution in [3.63, 3.8) is 0 Å². The van der Waals surface area contributed by atoms with Crippen molar-refractivity contribution < 1.29 is 17.9 Å². The highest BCUT2D eigenvalue weighted by Crippen LogP contribution is 2.32. The second-order valence-corrected chi connectivity index (χ2v) is 7.06. The zero-order chi connectivity index (χ0) is 16.4. The lowest BCUT2D eigenvalue weighted by molar-refractivity contribution is 0.174. The number of fused-ring (bicyclic) bond motifs is 1. The van der Waals surface area contributed by atoms with E-state index in [4.69, 9.17) is 9.47 Å². The van der Waals surface area contributed by atoms with Crippen LogP contribution in [0.3, 0.4) is 0 Å². The lowest BCUT2D eigenvalue weighted by atomic mass is 10.2. The molecule has 7 heteroatoms. The van der Waals surface area contributed by atoms with Gasteiger partial charge in [0.2, 0.25) is 6.79 Å². The third kappa shape index (κ3) is 3.14. The van der Waals surface area contributed by atoms with Gasteiger partial charge in [-0.15, -0.1) is 0 Å². The minimum atomic E-state index is -3.66. The van der Waals surface area contributed by atoms with Gasteiger partial charge in [-0.3, -0.25) is 0 Å². The Bertz CT molecular complexity index is 845. The van der Waals surface area contributed by atoms with E-state index in [0.29, 0.717) is 11.5 Å². The van der Waals surface area contributed by atoms with E-state index in [1.807, 2.05) is 6.92 Å². The third-order valence-electron chi connectivity index (χ3n) is 3.43. The first kappa shape index (κ1) is 15.4. The van der Waals surface area contributed by atoms with Gasteiger partial charge in [0.25, 0.3) is 10.0 Å². The van der Waals surface area contributed by atoms with Gasteiger partial charge in [-0.25, -0.2) is 0 Å². The van der Waals surface area contributed by atoms with Crippen molar-refractivity contribution in [1.29, 1.82) is 0 Å². The number of hydrogen-bond donors (Lipinski definition) is 0. The first-order valence-electron chi connectivity index (χ1n) is 6.96. The SMILES string of the molecule is Cc1ccc(S(=O)(=O)N(C)N=Cc2ccc3c(c2)OCO3)cc1. The van der Waals surface area contributed by atoms with Gasteiger partial charge in [0.15, 0.2) is 11.5 Å². The van der Waals surface area contributed by atoms with Crippen molar-refractivity contribution in [1.82, 2.24) is 4.41 Å². The molecule has 0 atom stereocenters. The van der Waals surface area contributed by atoms with Crippen LogP contribution < -0.4 is 9.47 Å². The van der Waals surface area contributed by atoms with Crippen LogP contribution in [0, 0.1) is 6.92 Å². The molecule has 0 spiro atoms. The summed E-state index contributed by atoms with van der Waals surface area (Å²) in [5, 5.41) is 4.01. The zero-order valence-electron chi connectivity index (χ0n) is 12.8. The smallest absolute Gasteiger partial charge is 0.278 e. The van der Waals surface area contributed by atoms with Gasteiger partial charge < -0.3 is 9.47 Å². The Hall–Kier alpha value is -2.54. The quantitative estimate of drug-likeness (QED) is 0.637. The number of ether oxygens (including phenoxy) is 2. The summed E-state index contributed by atoms with van der Waals surface area (Å²) in [6.07, 6.45) is 1.47. The Kier molecular flexibility index (Phi) is 3.96. The van der Waals surface area contributed by atoms with Crippen LogP contribution in [-0.4, -0.2) is 32.9 Å². The molecule has 120 valence electrons. The minimum Gasteiger partial charge on any atom is -0.454 e. The van der Waals surface area contributed by atoms with Crippen LogP contribution >= 0.6 is 0 Å². The van der Waals surface area contributed by atoms with Gasteiger partial charge in [-0.05, 0) is 42.8 Å². The summed E-state index contributed by atoms with van der Waals surface area (Å²) in [5.74, 6) is 1.29. The molecular weight excluding hydrogens is 316 g/mol. The summed E-state index contributed by atoms with van der Waals surface area (Å²) >= 11 is 0. The maximum Gasteiger partial charge on any atom is 0.278 e. The number of sulfonamides is 1. The van der Waals surface area contributed by atoms with Crippen LogP contribution in [0.5, 0.6) is 11.5 Å². The molecule has 0 fully saturated rings. The third-order valence-corrected chi connectivity index (χ3v) is 5.09. The predicted molar refractivity (Wildman–Crippen MR) is 86.3 cm³/mol. The fraction of sp³-hybridized carbons (Fsp3) is 0.188. The molecule has 0 bridgehead atoms. The standard InChI is InChI=1S/C16H16N2O4S/c1-12-3-6-14(7-4-12)23(19,20)18(2)17-10-13-5-8-15-16(9-13)22-11-21-15/h3-10H,11H2,1-2H3. The highest BCUT2D eigenvalue weighted by atomic mass is 32.2. The van der Waals surface area contributed by atoms with Crippen molar-refractivity contribution in [2.24, 2.45) is 5.10 Å². The summed E-state index contributed by atoms with van der Waals surface area (Å²) in [7, 11) is -2.26. The van der Waals surface area contributed by atoms with Gasteiger partial charge in [0.05, 0.1) is 11.1 Å². The van der Waals surface area contributed by atoms with E-state index in [2.05, 4.69) is 5.10 Å². The maximum absolute atomic E-state index is 12.4. The van der Waals surface area contributed by atoms with E-state index < -0.39 is 10.0 Å². The van der Waals surface area contributed by atoms with Crippen LogP contribution in [0.2, 0.25) is 0 Å². The molecule has 3 rings (SSSR count). The highest BCUT2D eigenvalue weighted by molar-refractivity contribution is 7.89. The Labute approximate surface area is 135 Å². The molecule has 0 saturated heterocycles. The van der Waals surface area contributed by atoms with E-state index in [0.717, 1.165) is 15.5 Å². The van der Waals surface area contributed by atoms with Gasteiger partial charge in [0, 0.05) is 7.05 Å². The molecule has 0 amide bonds. The summed E-state index contributed by atoms with van der Waals surface area (Å²) < 4.78 is 36.3. The van der Waals surface area contributed by atoms with E-state index in [-0.39, 0.29) is 11.7 Å². The van der Waals surface area contributed by atoms with Crippen molar-refractivity contribution >= 4 is 16.2 Å². The number of benzene rings is 2. The lowest BCUT2D eigenvalue weighted by Gasteiger charge is -2.13. The van der Waals surface area contributed by atoms with Gasteiger partial charge in [-0.1, -0.05) is 17.7 Å². The fourth-order valence-corrected chi connectivity index (χ4v) is 3.02. The van der Waals surface area contributed by atoms with E-state index >= 15 is 0 Å².